The summed E-state index contributed by atoms with van der Waals surface area (Å²) in [6, 6.07) is 0.659. The standard InChI is InChI=1S/C18H36N2/c1-6-20(7-2)10-8-9-17(5)19-14-18-12-15(3)11-16(4)13-18/h11,15,17-19H,6-10,12-14H2,1-5H3. The summed E-state index contributed by atoms with van der Waals surface area (Å²) in [7, 11) is 0. The molecule has 2 nitrogen and oxygen atoms in total. The van der Waals surface area contributed by atoms with Gasteiger partial charge in [0.2, 0.25) is 0 Å². The Bertz CT molecular complexity index is 281. The predicted molar refractivity (Wildman–Crippen MR) is 90.1 cm³/mol. The SMILES string of the molecule is CCN(CC)CCCC(C)NCC1CC(C)=CC(C)C1. The molecular weight excluding hydrogens is 244 g/mol. The average Bonchev–Trinajstić information content (AvgIpc) is 2.40. The van der Waals surface area contributed by atoms with E-state index in [9.17, 15) is 0 Å². The zero-order valence-electron chi connectivity index (χ0n) is 14.4. The molecule has 1 rings (SSSR count). The summed E-state index contributed by atoms with van der Waals surface area (Å²) in [6.07, 6.45) is 7.72. The predicted octanol–water partition coefficient (Wildman–Crippen LogP) is 4.08. The first kappa shape index (κ1) is 17.7. The van der Waals surface area contributed by atoms with E-state index in [1.54, 1.807) is 5.57 Å². The van der Waals surface area contributed by atoms with Gasteiger partial charge in [-0.05, 0) is 77.5 Å². The molecule has 1 aliphatic carbocycles. The van der Waals surface area contributed by atoms with Gasteiger partial charge in [-0.15, -0.1) is 0 Å². The maximum Gasteiger partial charge on any atom is 0.00393 e. The fraction of sp³-hybridized carbons (Fsp3) is 0.889. The van der Waals surface area contributed by atoms with Crippen LogP contribution in [0.1, 0.15) is 60.3 Å². The highest BCUT2D eigenvalue weighted by molar-refractivity contribution is 5.06. The quantitative estimate of drug-likeness (QED) is 0.640. The lowest BCUT2D eigenvalue weighted by atomic mass is 9.83. The van der Waals surface area contributed by atoms with Crippen LogP contribution in [0.4, 0.5) is 0 Å². The van der Waals surface area contributed by atoms with E-state index in [1.165, 1.54) is 51.9 Å². The Morgan fingerprint density at radius 3 is 2.65 bits per heavy atom. The number of hydrogen-bond acceptors (Lipinski definition) is 2. The highest BCUT2D eigenvalue weighted by atomic mass is 15.1. The fourth-order valence-electron chi connectivity index (χ4n) is 3.47. The minimum absolute atomic E-state index is 0.659. The van der Waals surface area contributed by atoms with Crippen molar-refractivity contribution in [2.24, 2.45) is 11.8 Å². The Morgan fingerprint density at radius 2 is 2.05 bits per heavy atom. The van der Waals surface area contributed by atoms with Crippen molar-refractivity contribution < 1.29 is 0 Å². The monoisotopic (exact) mass is 280 g/mol. The van der Waals surface area contributed by atoms with Gasteiger partial charge in [0.15, 0.2) is 0 Å². The Morgan fingerprint density at radius 1 is 1.35 bits per heavy atom. The zero-order chi connectivity index (χ0) is 15.0. The summed E-state index contributed by atoms with van der Waals surface area (Å²) in [5, 5.41) is 3.76. The highest BCUT2D eigenvalue weighted by Crippen LogP contribution is 2.27. The second kappa shape index (κ2) is 9.57. The molecule has 0 saturated heterocycles. The Labute approximate surface area is 127 Å². The number of nitrogens with zero attached hydrogens (tertiary/aromatic N) is 1. The molecule has 3 atom stereocenters. The third kappa shape index (κ3) is 6.90. The fourth-order valence-corrected chi connectivity index (χ4v) is 3.47. The van der Waals surface area contributed by atoms with Gasteiger partial charge in [-0.2, -0.15) is 0 Å². The molecule has 0 aromatic carbocycles. The van der Waals surface area contributed by atoms with Gasteiger partial charge in [-0.1, -0.05) is 32.4 Å². The number of hydrogen-bond donors (Lipinski definition) is 1. The maximum atomic E-state index is 3.76. The van der Waals surface area contributed by atoms with E-state index in [-0.39, 0.29) is 0 Å². The van der Waals surface area contributed by atoms with Gasteiger partial charge < -0.3 is 10.2 Å². The molecule has 0 fully saturated rings. The Balaban J connectivity index is 2.14. The van der Waals surface area contributed by atoms with Crippen molar-refractivity contribution in [3.8, 4) is 0 Å². The Hall–Kier alpha value is -0.340. The lowest BCUT2D eigenvalue weighted by Gasteiger charge is -2.27. The number of nitrogens with one attached hydrogen (secondary N) is 1. The molecule has 0 bridgehead atoms. The Kier molecular flexibility index (Phi) is 8.47. The van der Waals surface area contributed by atoms with Gasteiger partial charge in [0.25, 0.3) is 0 Å². The summed E-state index contributed by atoms with van der Waals surface area (Å²) < 4.78 is 0. The molecule has 0 aromatic rings. The van der Waals surface area contributed by atoms with Crippen LogP contribution in [0.2, 0.25) is 0 Å². The van der Waals surface area contributed by atoms with Gasteiger partial charge in [0.05, 0.1) is 0 Å². The highest BCUT2D eigenvalue weighted by Gasteiger charge is 2.18. The molecule has 0 spiro atoms. The van der Waals surface area contributed by atoms with Crippen molar-refractivity contribution in [3.05, 3.63) is 11.6 Å². The van der Waals surface area contributed by atoms with Crippen molar-refractivity contribution in [3.63, 3.8) is 0 Å². The van der Waals surface area contributed by atoms with Gasteiger partial charge >= 0.3 is 0 Å². The molecule has 3 unspecified atom stereocenters. The van der Waals surface area contributed by atoms with Crippen LogP contribution < -0.4 is 5.32 Å². The molecule has 0 aromatic heterocycles. The lowest BCUT2D eigenvalue weighted by molar-refractivity contribution is 0.287. The normalized spacial score (nSPS) is 24.8. The van der Waals surface area contributed by atoms with E-state index < -0.39 is 0 Å². The molecule has 20 heavy (non-hydrogen) atoms. The van der Waals surface area contributed by atoms with E-state index in [0.717, 1.165) is 11.8 Å². The maximum absolute atomic E-state index is 3.76. The third-order valence-electron chi connectivity index (χ3n) is 4.65. The van der Waals surface area contributed by atoms with E-state index >= 15 is 0 Å². The molecule has 118 valence electrons. The zero-order valence-corrected chi connectivity index (χ0v) is 14.4. The van der Waals surface area contributed by atoms with Crippen LogP contribution in [0.3, 0.4) is 0 Å². The van der Waals surface area contributed by atoms with Crippen LogP contribution in [0.5, 0.6) is 0 Å². The first-order chi connectivity index (χ1) is 9.55. The molecule has 0 amide bonds. The van der Waals surface area contributed by atoms with Gasteiger partial charge in [-0.25, -0.2) is 0 Å². The van der Waals surface area contributed by atoms with Crippen molar-refractivity contribution in [2.45, 2.75) is 66.3 Å². The molecule has 0 saturated carbocycles. The molecule has 1 aliphatic rings. The van der Waals surface area contributed by atoms with Crippen molar-refractivity contribution >= 4 is 0 Å². The van der Waals surface area contributed by atoms with E-state index in [0.29, 0.717) is 6.04 Å². The lowest BCUT2D eigenvalue weighted by Crippen LogP contribution is -2.33. The van der Waals surface area contributed by atoms with Crippen molar-refractivity contribution in [1.29, 1.82) is 0 Å². The van der Waals surface area contributed by atoms with Gasteiger partial charge in [-0.3, -0.25) is 0 Å². The first-order valence-electron chi connectivity index (χ1n) is 8.68. The first-order valence-corrected chi connectivity index (χ1v) is 8.68. The van der Waals surface area contributed by atoms with Gasteiger partial charge in [0, 0.05) is 6.04 Å². The van der Waals surface area contributed by atoms with Crippen LogP contribution in [0, 0.1) is 11.8 Å². The van der Waals surface area contributed by atoms with Gasteiger partial charge in [0.1, 0.15) is 0 Å². The summed E-state index contributed by atoms with van der Waals surface area (Å²) >= 11 is 0. The smallest absolute Gasteiger partial charge is 0.00393 e. The minimum Gasteiger partial charge on any atom is -0.314 e. The van der Waals surface area contributed by atoms with Crippen LogP contribution in [-0.2, 0) is 0 Å². The number of allylic oxidation sites excluding steroid dienone is 2. The second-order valence-corrected chi connectivity index (χ2v) is 6.77. The van der Waals surface area contributed by atoms with Crippen LogP contribution in [0.15, 0.2) is 11.6 Å². The molecule has 0 heterocycles. The summed E-state index contributed by atoms with van der Waals surface area (Å²) in [4.78, 5) is 2.52. The molecular formula is C18H36N2. The third-order valence-corrected chi connectivity index (χ3v) is 4.65. The minimum atomic E-state index is 0.659. The van der Waals surface area contributed by atoms with E-state index in [4.69, 9.17) is 0 Å². The second-order valence-electron chi connectivity index (χ2n) is 6.77. The molecule has 0 aliphatic heterocycles. The number of rotatable bonds is 9. The van der Waals surface area contributed by atoms with Crippen LogP contribution >= 0.6 is 0 Å². The summed E-state index contributed by atoms with van der Waals surface area (Å²) in [6.45, 7) is 16.3. The molecule has 1 N–H and O–H groups in total. The molecule has 0 radical (unpaired) electrons. The van der Waals surface area contributed by atoms with Crippen molar-refractivity contribution in [1.82, 2.24) is 10.2 Å². The van der Waals surface area contributed by atoms with Crippen molar-refractivity contribution in [2.75, 3.05) is 26.2 Å². The van der Waals surface area contributed by atoms with Crippen LogP contribution in [-0.4, -0.2) is 37.1 Å². The van der Waals surface area contributed by atoms with E-state index in [1.807, 2.05) is 0 Å². The molecule has 2 heteroatoms. The summed E-state index contributed by atoms with van der Waals surface area (Å²) in [5.74, 6) is 1.62. The topological polar surface area (TPSA) is 15.3 Å². The van der Waals surface area contributed by atoms with Crippen LogP contribution in [0.25, 0.3) is 0 Å². The summed E-state index contributed by atoms with van der Waals surface area (Å²) in [5.41, 5.74) is 1.59. The largest absolute Gasteiger partial charge is 0.314 e. The van der Waals surface area contributed by atoms with E-state index in [2.05, 4.69) is 50.9 Å². The average molecular weight is 281 g/mol.